The van der Waals surface area contributed by atoms with E-state index in [4.69, 9.17) is 22.1 Å². The van der Waals surface area contributed by atoms with Crippen molar-refractivity contribution in [3.63, 3.8) is 0 Å². The molecule has 0 unspecified atom stereocenters. The maximum Gasteiger partial charge on any atom is 0.394 e. The molecule has 0 amide bonds. The van der Waals surface area contributed by atoms with Crippen LogP contribution in [0.25, 0.3) is 0 Å². The van der Waals surface area contributed by atoms with E-state index in [0.717, 1.165) is 6.42 Å². The van der Waals surface area contributed by atoms with Gasteiger partial charge in [-0.3, -0.25) is 13.7 Å². The lowest BCUT2D eigenvalue weighted by atomic mass is 10.4. The summed E-state index contributed by atoms with van der Waals surface area (Å²) in [4.78, 5) is 0. The van der Waals surface area contributed by atoms with Crippen molar-refractivity contribution in [3.8, 4) is 0 Å². The minimum absolute atomic E-state index is 0.108. The lowest BCUT2D eigenvalue weighted by Gasteiger charge is -1.90. The van der Waals surface area contributed by atoms with Gasteiger partial charge in [0.05, 0.1) is 5.75 Å². The second-order valence-electron chi connectivity index (χ2n) is 2.09. The Bertz CT molecular complexity index is 291. The standard InChI is InChI=1S/C4H10O3S.H2O4S/c1-2-3-4-8(5,6)7;1-5(2,3)4/h2-4H2,1H3,(H,5,6,7);(H2,1,2,3,4). The van der Waals surface area contributed by atoms with Crippen LogP contribution in [-0.4, -0.2) is 36.2 Å². The van der Waals surface area contributed by atoms with E-state index in [1.165, 1.54) is 0 Å². The van der Waals surface area contributed by atoms with E-state index >= 15 is 0 Å². The average molecular weight is 236 g/mol. The number of rotatable bonds is 3. The van der Waals surface area contributed by atoms with Crippen molar-refractivity contribution >= 4 is 20.5 Å². The summed E-state index contributed by atoms with van der Waals surface area (Å²) in [6.45, 7) is 1.87. The monoisotopic (exact) mass is 236 g/mol. The van der Waals surface area contributed by atoms with Crippen LogP contribution < -0.4 is 0 Å². The van der Waals surface area contributed by atoms with Gasteiger partial charge in [0, 0.05) is 0 Å². The highest BCUT2D eigenvalue weighted by Gasteiger charge is 2.00. The van der Waals surface area contributed by atoms with Gasteiger partial charge in [0.2, 0.25) is 0 Å². The van der Waals surface area contributed by atoms with Gasteiger partial charge in [0.25, 0.3) is 10.1 Å². The minimum Gasteiger partial charge on any atom is -0.286 e. The molecule has 0 bridgehead atoms. The van der Waals surface area contributed by atoms with Crippen molar-refractivity contribution in [3.05, 3.63) is 0 Å². The summed E-state index contributed by atoms with van der Waals surface area (Å²) in [5.41, 5.74) is 0. The lowest BCUT2D eigenvalue weighted by Crippen LogP contribution is -2.02. The second-order valence-corrected chi connectivity index (χ2v) is 4.56. The van der Waals surface area contributed by atoms with Gasteiger partial charge in [0.15, 0.2) is 0 Å². The zero-order chi connectivity index (χ0) is 11.1. The predicted molar refractivity (Wildman–Crippen MR) is 45.5 cm³/mol. The first-order chi connectivity index (χ1) is 5.56. The zero-order valence-corrected chi connectivity index (χ0v) is 8.55. The highest BCUT2D eigenvalue weighted by atomic mass is 32.3. The van der Waals surface area contributed by atoms with Gasteiger partial charge in [-0.25, -0.2) is 0 Å². The average Bonchev–Trinajstić information content (AvgIpc) is 1.77. The van der Waals surface area contributed by atoms with Crippen LogP contribution in [0.4, 0.5) is 0 Å². The summed E-state index contributed by atoms with van der Waals surface area (Å²) in [6.07, 6.45) is 1.33. The second kappa shape index (κ2) is 6.27. The maximum absolute atomic E-state index is 9.95. The zero-order valence-electron chi connectivity index (χ0n) is 6.91. The molecule has 0 aromatic carbocycles. The van der Waals surface area contributed by atoms with Crippen LogP contribution in [0.1, 0.15) is 19.8 Å². The van der Waals surface area contributed by atoms with E-state index in [-0.39, 0.29) is 5.75 Å². The highest BCUT2D eigenvalue weighted by Crippen LogP contribution is 1.90. The van der Waals surface area contributed by atoms with Crippen molar-refractivity contribution in [1.29, 1.82) is 0 Å². The van der Waals surface area contributed by atoms with Crippen LogP contribution in [0.3, 0.4) is 0 Å². The minimum atomic E-state index is -4.67. The third-order valence-electron chi connectivity index (χ3n) is 0.756. The number of unbranched alkanes of at least 4 members (excludes halogenated alkanes) is 1. The van der Waals surface area contributed by atoms with Crippen LogP contribution in [0, 0.1) is 0 Å². The largest absolute Gasteiger partial charge is 0.394 e. The smallest absolute Gasteiger partial charge is 0.286 e. The van der Waals surface area contributed by atoms with Gasteiger partial charge in [-0.05, 0) is 6.42 Å². The molecule has 0 aromatic heterocycles. The van der Waals surface area contributed by atoms with Crippen LogP contribution in [0.2, 0.25) is 0 Å². The van der Waals surface area contributed by atoms with Crippen LogP contribution in [-0.2, 0) is 20.5 Å². The fourth-order valence-electron chi connectivity index (χ4n) is 0.327. The fraction of sp³-hybridized carbons (Fsp3) is 1.00. The molecule has 0 aliphatic heterocycles. The van der Waals surface area contributed by atoms with E-state index in [9.17, 15) is 8.42 Å². The molecule has 7 nitrogen and oxygen atoms in total. The molecule has 9 heteroatoms. The van der Waals surface area contributed by atoms with Crippen LogP contribution in [0.5, 0.6) is 0 Å². The third-order valence-corrected chi connectivity index (χ3v) is 1.56. The molecule has 0 atom stereocenters. The highest BCUT2D eigenvalue weighted by molar-refractivity contribution is 7.85. The van der Waals surface area contributed by atoms with Gasteiger partial charge >= 0.3 is 10.4 Å². The summed E-state index contributed by atoms with van der Waals surface area (Å²) in [5, 5.41) is 0. The van der Waals surface area contributed by atoms with Crippen molar-refractivity contribution in [2.75, 3.05) is 5.75 Å². The van der Waals surface area contributed by atoms with Crippen LogP contribution >= 0.6 is 0 Å². The van der Waals surface area contributed by atoms with E-state index in [1.54, 1.807) is 0 Å². The van der Waals surface area contributed by atoms with Gasteiger partial charge in [-0.1, -0.05) is 13.3 Å². The van der Waals surface area contributed by atoms with E-state index in [0.29, 0.717) is 6.42 Å². The van der Waals surface area contributed by atoms with Crippen LogP contribution in [0.15, 0.2) is 0 Å². The summed E-state index contributed by atoms with van der Waals surface area (Å²) in [5.74, 6) is -0.108. The van der Waals surface area contributed by atoms with Crippen molar-refractivity contribution in [2.24, 2.45) is 0 Å². The third kappa shape index (κ3) is 49.3. The Labute approximate surface area is 77.1 Å². The molecule has 0 aliphatic carbocycles. The SMILES string of the molecule is CCCCS(=O)(=O)O.O=S(=O)(O)O. The summed E-state index contributed by atoms with van der Waals surface area (Å²) < 4.78 is 59.6. The molecular formula is C4H12O7S2. The topological polar surface area (TPSA) is 129 Å². The molecule has 13 heavy (non-hydrogen) atoms. The molecule has 0 heterocycles. The van der Waals surface area contributed by atoms with Gasteiger partial charge in [-0.15, -0.1) is 0 Å². The van der Waals surface area contributed by atoms with Crippen molar-refractivity contribution in [2.45, 2.75) is 19.8 Å². The Morgan fingerprint density at radius 3 is 1.38 bits per heavy atom. The molecule has 0 rings (SSSR count). The fourth-order valence-corrected chi connectivity index (χ4v) is 0.980. The van der Waals surface area contributed by atoms with E-state index in [1.807, 2.05) is 6.92 Å². The Balaban J connectivity index is 0. The Morgan fingerprint density at radius 2 is 1.31 bits per heavy atom. The maximum atomic E-state index is 9.95. The van der Waals surface area contributed by atoms with Gasteiger partial charge in [-0.2, -0.15) is 16.8 Å². The molecule has 0 aromatic rings. The van der Waals surface area contributed by atoms with E-state index < -0.39 is 20.5 Å². The molecule has 3 N–H and O–H groups in total. The van der Waals surface area contributed by atoms with Gasteiger partial charge in [0.1, 0.15) is 0 Å². The predicted octanol–water partition coefficient (Wildman–Crippen LogP) is 0.0215. The Kier molecular flexibility index (Phi) is 7.36. The van der Waals surface area contributed by atoms with Crippen molar-refractivity contribution in [1.82, 2.24) is 0 Å². The van der Waals surface area contributed by atoms with E-state index in [2.05, 4.69) is 0 Å². The molecule has 0 radical (unpaired) electrons. The molecule has 0 saturated carbocycles. The molecular weight excluding hydrogens is 224 g/mol. The van der Waals surface area contributed by atoms with Crippen molar-refractivity contribution < 1.29 is 30.5 Å². The molecule has 0 spiro atoms. The Morgan fingerprint density at radius 1 is 1.00 bits per heavy atom. The molecule has 82 valence electrons. The Hall–Kier alpha value is -0.220. The molecule has 0 aliphatic rings. The first kappa shape index (κ1) is 15.3. The first-order valence-corrected chi connectivity index (χ1v) is 6.22. The lowest BCUT2D eigenvalue weighted by molar-refractivity contribution is 0.381. The number of hydrogen-bond acceptors (Lipinski definition) is 4. The summed E-state index contributed by atoms with van der Waals surface area (Å²) in [7, 11) is -8.35. The molecule has 0 fully saturated rings. The summed E-state index contributed by atoms with van der Waals surface area (Å²) in [6, 6.07) is 0. The number of hydrogen-bond donors (Lipinski definition) is 3. The first-order valence-electron chi connectivity index (χ1n) is 3.21. The normalized spacial score (nSPS) is 11.7. The quantitative estimate of drug-likeness (QED) is 0.589. The summed E-state index contributed by atoms with van der Waals surface area (Å²) >= 11 is 0. The molecule has 0 saturated heterocycles. The van der Waals surface area contributed by atoms with Gasteiger partial charge < -0.3 is 0 Å².